The van der Waals surface area contributed by atoms with Gasteiger partial charge in [0.15, 0.2) is 11.4 Å². The van der Waals surface area contributed by atoms with Crippen molar-refractivity contribution < 1.29 is 19.4 Å². The van der Waals surface area contributed by atoms with Gasteiger partial charge in [0.2, 0.25) is 5.89 Å². The number of oxazole rings is 1. The Morgan fingerprint density at radius 2 is 1.77 bits per heavy atom. The summed E-state index contributed by atoms with van der Waals surface area (Å²) in [5, 5.41) is 35.7. The lowest BCUT2D eigenvalue weighted by molar-refractivity contribution is -0.141. The van der Waals surface area contributed by atoms with Gasteiger partial charge >= 0.3 is 5.97 Å². The van der Waals surface area contributed by atoms with Gasteiger partial charge in [-0.3, -0.25) is 14.7 Å². The third-order valence-electron chi connectivity index (χ3n) is 9.61. The van der Waals surface area contributed by atoms with Crippen molar-refractivity contribution in [3.8, 4) is 28.7 Å². The fraction of sp³-hybridized carbons (Fsp3) is 0.300. The molecule has 0 spiro atoms. The monoisotopic (exact) mass is 696 g/mol. The first kappa shape index (κ1) is 34.7. The molecule has 1 fully saturated rings. The molecule has 0 bridgehead atoms. The number of carbonyl (C=O) groups is 1. The molecule has 0 saturated carbocycles. The number of carboxylic acids is 1. The summed E-state index contributed by atoms with van der Waals surface area (Å²) in [7, 11) is 0. The predicted molar refractivity (Wildman–Crippen MR) is 199 cm³/mol. The highest BCUT2D eigenvalue weighted by Gasteiger charge is 2.28. The number of aliphatic hydroxyl groups excluding tert-OH is 1. The normalized spacial score (nSPS) is 15.3. The van der Waals surface area contributed by atoms with E-state index in [0.717, 1.165) is 50.1 Å². The summed E-state index contributed by atoms with van der Waals surface area (Å²) in [4.78, 5) is 32.5. The quantitative estimate of drug-likeness (QED) is 0.117. The molecule has 1 aliphatic heterocycles. The number of aromatic nitrogens is 4. The fourth-order valence-corrected chi connectivity index (χ4v) is 6.95. The molecule has 3 aromatic carbocycles. The highest BCUT2D eigenvalue weighted by atomic mass is 16.4. The Hall–Kier alpha value is -5.74. The first-order valence-corrected chi connectivity index (χ1v) is 17.4. The lowest BCUT2D eigenvalue weighted by Gasteiger charge is -2.17. The number of carboxylic acid groups (broad SMARTS) is 1. The Morgan fingerprint density at radius 1 is 1.02 bits per heavy atom. The molecular weight excluding hydrogens is 656 g/mol. The molecule has 1 aliphatic rings. The third kappa shape index (κ3) is 7.07. The van der Waals surface area contributed by atoms with Crippen LogP contribution in [0.4, 0.5) is 11.5 Å². The maximum Gasteiger partial charge on any atom is 0.307 e. The van der Waals surface area contributed by atoms with Crippen LogP contribution in [0.1, 0.15) is 47.0 Å². The number of hydrogen-bond donors (Lipinski definition) is 4. The lowest BCUT2D eigenvalue weighted by Crippen LogP contribution is -2.23. The average molecular weight is 697 g/mol. The molecule has 0 amide bonds. The van der Waals surface area contributed by atoms with Crippen molar-refractivity contribution in [2.45, 2.75) is 53.3 Å². The van der Waals surface area contributed by atoms with Gasteiger partial charge in [-0.15, -0.1) is 0 Å². The van der Waals surface area contributed by atoms with Gasteiger partial charge in [0, 0.05) is 43.6 Å². The van der Waals surface area contributed by atoms with Crippen molar-refractivity contribution in [2.75, 3.05) is 25.0 Å². The number of nitrogens with zero attached hydrogens (tertiary/aromatic N) is 6. The number of nitrogens with one attached hydrogen (secondary N) is 2. The number of nitriles is 1. The van der Waals surface area contributed by atoms with Gasteiger partial charge in [0.1, 0.15) is 22.9 Å². The fourth-order valence-electron chi connectivity index (χ4n) is 6.95. The Kier molecular flexibility index (Phi) is 9.66. The van der Waals surface area contributed by atoms with Crippen molar-refractivity contribution in [1.82, 2.24) is 30.2 Å². The summed E-state index contributed by atoms with van der Waals surface area (Å²) >= 11 is 0. The minimum absolute atomic E-state index is 0.370. The molecule has 1 unspecified atom stereocenters. The van der Waals surface area contributed by atoms with Gasteiger partial charge < -0.3 is 25.3 Å². The van der Waals surface area contributed by atoms with Crippen molar-refractivity contribution in [1.29, 1.82) is 5.26 Å². The Balaban J connectivity index is 1.18. The van der Waals surface area contributed by atoms with Gasteiger partial charge in [-0.05, 0) is 104 Å². The standard InChI is InChI=1S/C40H40N8O4/c1-22(49)17-42-18-27-15-34-36(43-19-27)38(45-25(4)44-34)46-33-10-6-8-31(24(33)3)30-7-5-9-32(23(30)2)39-47-35-14-26(13-29(16-41)37(35)52-39)20-48-12-11-28(21-48)40(50)51/h5-10,13-15,19,22,28,42,49H,11-12,17-18,20-21H2,1-4H3,(H,50,51)(H,44,45,46)/t22?,28-/m1/s1. The number of fused-ring (bicyclic) bond motifs is 2. The average Bonchev–Trinajstić information content (AvgIpc) is 3.76. The Labute approximate surface area is 301 Å². The summed E-state index contributed by atoms with van der Waals surface area (Å²) in [6.07, 6.45) is 1.98. The number of benzene rings is 3. The van der Waals surface area contributed by atoms with E-state index in [4.69, 9.17) is 19.4 Å². The molecule has 2 atom stereocenters. The molecular formula is C40H40N8O4. The first-order chi connectivity index (χ1) is 25.1. The molecule has 1 saturated heterocycles. The molecule has 7 rings (SSSR count). The van der Waals surface area contributed by atoms with E-state index < -0.39 is 12.1 Å². The number of rotatable bonds is 11. The molecule has 12 nitrogen and oxygen atoms in total. The minimum Gasteiger partial charge on any atom is -0.481 e. The number of anilines is 2. The number of pyridine rings is 1. The van der Waals surface area contributed by atoms with Gasteiger partial charge in [0.25, 0.3) is 0 Å². The smallest absolute Gasteiger partial charge is 0.307 e. The van der Waals surface area contributed by atoms with Gasteiger partial charge in [-0.25, -0.2) is 15.0 Å². The van der Waals surface area contributed by atoms with E-state index in [1.54, 1.807) is 13.1 Å². The largest absolute Gasteiger partial charge is 0.481 e. The van der Waals surface area contributed by atoms with E-state index in [2.05, 4.69) is 45.6 Å². The first-order valence-electron chi connectivity index (χ1n) is 17.4. The van der Waals surface area contributed by atoms with Crippen molar-refractivity contribution in [3.63, 3.8) is 0 Å². The van der Waals surface area contributed by atoms with E-state index >= 15 is 0 Å². The van der Waals surface area contributed by atoms with Crippen LogP contribution >= 0.6 is 0 Å². The zero-order chi connectivity index (χ0) is 36.5. The topological polar surface area (TPSA) is 173 Å². The molecule has 12 heteroatoms. The molecule has 3 aromatic heterocycles. The highest BCUT2D eigenvalue weighted by molar-refractivity contribution is 5.89. The number of hydrogen-bond acceptors (Lipinski definition) is 11. The van der Waals surface area contributed by atoms with Crippen LogP contribution in [-0.2, 0) is 17.9 Å². The summed E-state index contributed by atoms with van der Waals surface area (Å²) < 4.78 is 6.27. The number of aliphatic hydroxyl groups is 1. The van der Waals surface area contributed by atoms with Crippen LogP contribution in [0.2, 0.25) is 0 Å². The lowest BCUT2D eigenvalue weighted by atomic mass is 9.93. The molecule has 0 aliphatic carbocycles. The number of likely N-dealkylation sites (tertiary alicyclic amines) is 1. The van der Waals surface area contributed by atoms with E-state index in [-0.39, 0.29) is 5.92 Å². The van der Waals surface area contributed by atoms with E-state index in [1.807, 2.05) is 56.3 Å². The maximum atomic E-state index is 11.5. The van der Waals surface area contributed by atoms with Crippen LogP contribution in [0, 0.1) is 38.0 Å². The van der Waals surface area contributed by atoms with Crippen LogP contribution < -0.4 is 10.6 Å². The second-order valence-electron chi connectivity index (χ2n) is 13.6. The van der Waals surface area contributed by atoms with Crippen molar-refractivity contribution in [3.05, 3.63) is 94.4 Å². The third-order valence-corrected chi connectivity index (χ3v) is 9.61. The summed E-state index contributed by atoms with van der Waals surface area (Å²) in [5.74, 6) is 0.522. The van der Waals surface area contributed by atoms with Crippen LogP contribution in [0.25, 0.3) is 44.7 Å². The second kappa shape index (κ2) is 14.5. The van der Waals surface area contributed by atoms with E-state index in [0.29, 0.717) is 78.9 Å². The Morgan fingerprint density at radius 3 is 2.52 bits per heavy atom. The van der Waals surface area contributed by atoms with E-state index in [1.165, 1.54) is 0 Å². The van der Waals surface area contributed by atoms with Gasteiger partial charge in [-0.1, -0.05) is 24.3 Å². The predicted octanol–water partition coefficient (Wildman–Crippen LogP) is 6.42. The van der Waals surface area contributed by atoms with Crippen LogP contribution in [-0.4, -0.2) is 66.8 Å². The van der Waals surface area contributed by atoms with Gasteiger partial charge in [0.05, 0.1) is 23.1 Å². The van der Waals surface area contributed by atoms with E-state index in [9.17, 15) is 20.3 Å². The SMILES string of the molecule is Cc1nc(Nc2cccc(-c3cccc(-c4nc5cc(CN6CC[C@@H](C(=O)O)C6)cc(C#N)c5o4)c3C)c2C)c2ncc(CNCC(C)O)cc2n1. The molecule has 6 aromatic rings. The Bertz CT molecular complexity index is 2360. The minimum atomic E-state index is -0.771. The van der Waals surface area contributed by atoms with Crippen LogP contribution in [0.15, 0.2) is 65.2 Å². The molecule has 52 heavy (non-hydrogen) atoms. The maximum absolute atomic E-state index is 11.5. The van der Waals surface area contributed by atoms with Crippen LogP contribution in [0.5, 0.6) is 0 Å². The van der Waals surface area contributed by atoms with Crippen molar-refractivity contribution in [2.24, 2.45) is 5.92 Å². The number of aryl methyl sites for hydroxylation is 1. The van der Waals surface area contributed by atoms with Crippen LogP contribution in [0.3, 0.4) is 0 Å². The number of aliphatic carboxylic acids is 1. The second-order valence-corrected chi connectivity index (χ2v) is 13.6. The molecule has 264 valence electrons. The van der Waals surface area contributed by atoms with Crippen molar-refractivity contribution >= 4 is 39.6 Å². The van der Waals surface area contributed by atoms with Gasteiger partial charge in [-0.2, -0.15) is 5.26 Å². The molecule has 4 heterocycles. The molecule has 4 N–H and O–H groups in total. The highest BCUT2D eigenvalue weighted by Crippen LogP contribution is 2.38. The zero-order valence-electron chi connectivity index (χ0n) is 29.6. The summed E-state index contributed by atoms with van der Waals surface area (Å²) in [5.41, 5.74) is 10.4. The summed E-state index contributed by atoms with van der Waals surface area (Å²) in [6, 6.07) is 20.1. The summed E-state index contributed by atoms with van der Waals surface area (Å²) in [6.45, 7) is 10.5. The molecule has 0 radical (unpaired) electrons. The zero-order valence-corrected chi connectivity index (χ0v) is 29.6.